The Morgan fingerprint density at radius 3 is 2.72 bits per heavy atom. The summed E-state index contributed by atoms with van der Waals surface area (Å²) in [5.41, 5.74) is 2.86. The first-order valence-corrected chi connectivity index (χ1v) is 15.7. The molecule has 39 heavy (non-hydrogen) atoms. The molecule has 5 rings (SSSR count). The summed E-state index contributed by atoms with van der Waals surface area (Å²) in [4.78, 5) is 17.1. The van der Waals surface area contributed by atoms with Gasteiger partial charge >= 0.3 is 5.97 Å². The van der Waals surface area contributed by atoms with Crippen molar-refractivity contribution in [3.8, 4) is 5.75 Å². The van der Waals surface area contributed by atoms with Gasteiger partial charge in [0.05, 0.1) is 48.4 Å². The topological polar surface area (TPSA) is 100.0 Å². The molecule has 0 N–H and O–H groups in total. The second kappa shape index (κ2) is 11.9. The number of hydrogen-bond acceptors (Lipinski definition) is 8. The Morgan fingerprint density at radius 2 is 2.00 bits per heavy atom. The number of fused-ring (bicyclic) bond motifs is 1. The van der Waals surface area contributed by atoms with Crippen molar-refractivity contribution in [1.82, 2.24) is 13.9 Å². The third-order valence-corrected chi connectivity index (χ3v) is 10.3. The third kappa shape index (κ3) is 5.96. The molecule has 0 amide bonds. The second-order valence-electron chi connectivity index (χ2n) is 10.2. The summed E-state index contributed by atoms with van der Waals surface area (Å²) < 4.78 is 46.9. The fraction of sp³-hybridized carbons (Fsp3) is 0.500. The zero-order chi connectivity index (χ0) is 27.6. The zero-order valence-corrected chi connectivity index (χ0v) is 24.2. The van der Waals surface area contributed by atoms with E-state index in [4.69, 9.17) is 19.2 Å². The van der Waals surface area contributed by atoms with Gasteiger partial charge in [-0.1, -0.05) is 24.8 Å². The van der Waals surface area contributed by atoms with Crippen LogP contribution in [0.1, 0.15) is 48.5 Å². The largest absolute Gasteiger partial charge is 0.496 e. The number of imidazole rings is 1. The molecule has 3 heterocycles. The standard InChI is InChI=1S/C28H35N3O6S2/c1-19-6-4-12-30(16-19)39(33,34)23-10-11-25-24(15-23)29-28(31(25)17-22-7-5-13-37-22)38-18-21-9-8-20(27(32)36-3)14-26(21)35-2/h8-11,14-15,19,22H,4-7,12-13,16-18H2,1-3H3/t19-,22+/m1/s1. The first-order valence-electron chi connectivity index (χ1n) is 13.3. The van der Waals surface area contributed by atoms with Crippen LogP contribution in [0.5, 0.6) is 5.75 Å². The van der Waals surface area contributed by atoms with E-state index in [1.807, 2.05) is 12.1 Å². The first kappa shape index (κ1) is 27.9. The van der Waals surface area contributed by atoms with Gasteiger partial charge in [-0.2, -0.15) is 4.31 Å². The van der Waals surface area contributed by atoms with Crippen LogP contribution in [0, 0.1) is 5.92 Å². The quantitative estimate of drug-likeness (QED) is 0.268. The number of hydrogen-bond donors (Lipinski definition) is 0. The van der Waals surface area contributed by atoms with Crippen molar-refractivity contribution in [3.05, 3.63) is 47.5 Å². The van der Waals surface area contributed by atoms with Crippen molar-refractivity contribution >= 4 is 38.8 Å². The lowest BCUT2D eigenvalue weighted by Gasteiger charge is -2.30. The van der Waals surface area contributed by atoms with Crippen molar-refractivity contribution in [2.45, 2.75) is 61.1 Å². The van der Waals surface area contributed by atoms with Gasteiger partial charge in [-0.3, -0.25) is 0 Å². The average Bonchev–Trinajstić information content (AvgIpc) is 3.59. The van der Waals surface area contributed by atoms with E-state index in [9.17, 15) is 13.2 Å². The van der Waals surface area contributed by atoms with Gasteiger partial charge in [0, 0.05) is 31.0 Å². The summed E-state index contributed by atoms with van der Waals surface area (Å²) in [6.45, 7) is 4.59. The summed E-state index contributed by atoms with van der Waals surface area (Å²) in [6.07, 6.45) is 4.03. The maximum Gasteiger partial charge on any atom is 0.337 e. The van der Waals surface area contributed by atoms with Crippen molar-refractivity contribution in [3.63, 3.8) is 0 Å². The smallest absolute Gasteiger partial charge is 0.337 e. The number of carbonyl (C=O) groups is 1. The Hall–Kier alpha value is -2.60. The van der Waals surface area contributed by atoms with Gasteiger partial charge in [-0.05, 0) is 61.9 Å². The fourth-order valence-corrected chi connectivity index (χ4v) is 7.92. The van der Waals surface area contributed by atoms with E-state index in [0.717, 1.165) is 48.5 Å². The number of sulfonamides is 1. The molecule has 2 aliphatic heterocycles. The molecular formula is C28H35N3O6S2. The molecule has 2 saturated heterocycles. The molecule has 0 bridgehead atoms. The lowest BCUT2D eigenvalue weighted by atomic mass is 10.0. The fourth-order valence-electron chi connectivity index (χ4n) is 5.29. The normalized spacial score (nSPS) is 20.4. The first-order chi connectivity index (χ1) is 18.8. The molecule has 0 saturated carbocycles. The highest BCUT2D eigenvalue weighted by molar-refractivity contribution is 7.98. The van der Waals surface area contributed by atoms with Crippen molar-refractivity contribution in [2.75, 3.05) is 33.9 Å². The Balaban J connectivity index is 1.46. The predicted octanol–water partition coefficient (Wildman–Crippen LogP) is 4.72. The molecule has 2 fully saturated rings. The minimum atomic E-state index is -3.59. The lowest BCUT2D eigenvalue weighted by Crippen LogP contribution is -2.39. The van der Waals surface area contributed by atoms with E-state index in [1.165, 1.54) is 7.11 Å². The van der Waals surface area contributed by atoms with E-state index in [2.05, 4.69) is 11.5 Å². The molecule has 210 valence electrons. The molecule has 0 unspecified atom stereocenters. The Labute approximate surface area is 233 Å². The number of aromatic nitrogens is 2. The van der Waals surface area contributed by atoms with Crippen molar-refractivity contribution in [2.24, 2.45) is 5.92 Å². The van der Waals surface area contributed by atoms with Crippen LogP contribution in [0.4, 0.5) is 0 Å². The summed E-state index contributed by atoms with van der Waals surface area (Å²) >= 11 is 1.54. The predicted molar refractivity (Wildman–Crippen MR) is 150 cm³/mol. The molecule has 2 aromatic carbocycles. The number of carbonyl (C=O) groups excluding carboxylic acids is 1. The molecule has 0 aliphatic carbocycles. The van der Waals surface area contributed by atoms with Gasteiger partial charge < -0.3 is 18.8 Å². The minimum absolute atomic E-state index is 0.0915. The number of piperidine rings is 1. The number of ether oxygens (including phenoxy) is 3. The van der Waals surface area contributed by atoms with Gasteiger partial charge in [-0.25, -0.2) is 18.2 Å². The highest BCUT2D eigenvalue weighted by atomic mass is 32.2. The second-order valence-corrected chi connectivity index (χ2v) is 13.1. The molecule has 3 aromatic rings. The summed E-state index contributed by atoms with van der Waals surface area (Å²) in [5.74, 6) is 1.08. The van der Waals surface area contributed by atoms with E-state index in [-0.39, 0.29) is 11.0 Å². The Kier molecular flexibility index (Phi) is 8.51. The van der Waals surface area contributed by atoms with E-state index in [1.54, 1.807) is 47.4 Å². The number of esters is 1. The molecular weight excluding hydrogens is 538 g/mol. The number of methoxy groups -OCH3 is 2. The molecule has 11 heteroatoms. The molecule has 0 spiro atoms. The maximum absolute atomic E-state index is 13.4. The van der Waals surface area contributed by atoms with E-state index in [0.29, 0.717) is 48.1 Å². The summed E-state index contributed by atoms with van der Waals surface area (Å²) in [6, 6.07) is 10.5. The van der Waals surface area contributed by atoms with Crippen LogP contribution in [0.15, 0.2) is 46.5 Å². The number of rotatable bonds is 9. The van der Waals surface area contributed by atoms with Crippen LogP contribution < -0.4 is 4.74 Å². The Morgan fingerprint density at radius 1 is 1.15 bits per heavy atom. The maximum atomic E-state index is 13.4. The van der Waals surface area contributed by atoms with Crippen LogP contribution >= 0.6 is 11.8 Å². The third-order valence-electron chi connectivity index (χ3n) is 7.42. The van der Waals surface area contributed by atoms with Crippen LogP contribution in [0.2, 0.25) is 0 Å². The number of thioether (sulfide) groups is 1. The van der Waals surface area contributed by atoms with Gasteiger partial charge in [0.25, 0.3) is 0 Å². The minimum Gasteiger partial charge on any atom is -0.496 e. The number of nitrogens with zero attached hydrogens (tertiary/aromatic N) is 3. The van der Waals surface area contributed by atoms with Gasteiger partial charge in [0.2, 0.25) is 10.0 Å². The number of benzene rings is 2. The van der Waals surface area contributed by atoms with Crippen molar-refractivity contribution < 1.29 is 27.4 Å². The molecule has 2 atom stereocenters. The highest BCUT2D eigenvalue weighted by Gasteiger charge is 2.29. The molecule has 1 aromatic heterocycles. The summed E-state index contributed by atoms with van der Waals surface area (Å²) in [7, 11) is -0.672. The van der Waals surface area contributed by atoms with Crippen LogP contribution in [-0.4, -0.2) is 68.3 Å². The molecule has 0 radical (unpaired) electrons. The lowest BCUT2D eigenvalue weighted by molar-refractivity contribution is 0.0600. The Bertz CT molecular complexity index is 1450. The van der Waals surface area contributed by atoms with Gasteiger partial charge in [0.15, 0.2) is 5.16 Å². The van der Waals surface area contributed by atoms with Crippen LogP contribution in [0.3, 0.4) is 0 Å². The average molecular weight is 574 g/mol. The molecule has 2 aliphatic rings. The highest BCUT2D eigenvalue weighted by Crippen LogP contribution is 2.33. The molecule has 9 nitrogen and oxygen atoms in total. The van der Waals surface area contributed by atoms with E-state index >= 15 is 0 Å². The van der Waals surface area contributed by atoms with Crippen LogP contribution in [-0.2, 0) is 31.8 Å². The summed E-state index contributed by atoms with van der Waals surface area (Å²) in [5, 5.41) is 0.778. The van der Waals surface area contributed by atoms with Crippen LogP contribution in [0.25, 0.3) is 11.0 Å². The van der Waals surface area contributed by atoms with E-state index < -0.39 is 16.0 Å². The SMILES string of the molecule is COC(=O)c1ccc(CSc2nc3cc(S(=O)(=O)N4CCC[C@@H](C)C4)ccc3n2C[C@@H]2CCCO2)c(OC)c1. The van der Waals surface area contributed by atoms with Gasteiger partial charge in [-0.15, -0.1) is 0 Å². The van der Waals surface area contributed by atoms with Crippen molar-refractivity contribution in [1.29, 1.82) is 0 Å². The van der Waals surface area contributed by atoms with Gasteiger partial charge in [0.1, 0.15) is 5.75 Å². The zero-order valence-electron chi connectivity index (χ0n) is 22.6. The monoisotopic (exact) mass is 573 g/mol.